The fourth-order valence-electron chi connectivity index (χ4n) is 4.44. The van der Waals surface area contributed by atoms with Crippen molar-refractivity contribution in [3.05, 3.63) is 23.8 Å². The van der Waals surface area contributed by atoms with Crippen molar-refractivity contribution >= 4 is 23.5 Å². The van der Waals surface area contributed by atoms with Gasteiger partial charge in [-0.3, -0.25) is 5.43 Å². The molecule has 3 rings (SSSR count). The Labute approximate surface area is 148 Å². The first kappa shape index (κ1) is 17.0. The minimum Gasteiger partial charge on any atom is -0.508 e. The number of nitrogens with zero attached hydrogens (tertiary/aromatic N) is 1. The molecule has 2 saturated carbocycles. The summed E-state index contributed by atoms with van der Waals surface area (Å²) in [5.74, 6) is 1.38. The monoisotopic (exact) mass is 347 g/mol. The quantitative estimate of drug-likeness (QED) is 0.384. The van der Waals surface area contributed by atoms with E-state index in [1.807, 2.05) is 0 Å². The zero-order chi connectivity index (χ0) is 17.5. The lowest BCUT2D eigenvalue weighted by molar-refractivity contribution is 0.0833. The predicted molar refractivity (Wildman–Crippen MR) is 99.3 cm³/mol. The molecule has 2 aliphatic rings. The number of phenolic OH excluding ortho intramolecular Hbond substituents is 2. The highest BCUT2D eigenvalue weighted by molar-refractivity contribution is 7.80. The molecule has 0 saturated heterocycles. The van der Waals surface area contributed by atoms with E-state index in [4.69, 9.17) is 12.2 Å². The summed E-state index contributed by atoms with van der Waals surface area (Å²) in [5, 5.41) is 27.1. The van der Waals surface area contributed by atoms with Crippen molar-refractivity contribution in [3.63, 3.8) is 0 Å². The summed E-state index contributed by atoms with van der Waals surface area (Å²) in [7, 11) is 0. The lowest BCUT2D eigenvalue weighted by atomic mass is 9.64. The molecule has 0 heterocycles. The van der Waals surface area contributed by atoms with Crippen molar-refractivity contribution in [1.29, 1.82) is 0 Å². The average molecular weight is 347 g/mol. The van der Waals surface area contributed by atoms with Gasteiger partial charge in [-0.05, 0) is 67.8 Å². The number of hydrogen-bond donors (Lipinski definition) is 4. The summed E-state index contributed by atoms with van der Waals surface area (Å²) in [4.78, 5) is 0. The first-order valence-corrected chi connectivity index (χ1v) is 8.78. The largest absolute Gasteiger partial charge is 0.508 e. The third kappa shape index (κ3) is 2.73. The molecule has 24 heavy (non-hydrogen) atoms. The lowest BCUT2D eigenvalue weighted by Crippen LogP contribution is -2.60. The van der Waals surface area contributed by atoms with Crippen molar-refractivity contribution in [2.75, 3.05) is 0 Å². The fourth-order valence-corrected chi connectivity index (χ4v) is 4.70. The maximum Gasteiger partial charge on any atom is 0.187 e. The molecule has 5 nitrogen and oxygen atoms in total. The van der Waals surface area contributed by atoms with Crippen LogP contribution in [0.1, 0.15) is 45.6 Å². The summed E-state index contributed by atoms with van der Waals surface area (Å²) in [5.41, 5.74) is 3.51. The average Bonchev–Trinajstić information content (AvgIpc) is 3.05. The van der Waals surface area contributed by atoms with Gasteiger partial charge in [-0.1, -0.05) is 13.8 Å². The van der Waals surface area contributed by atoms with Crippen molar-refractivity contribution in [1.82, 2.24) is 10.7 Å². The van der Waals surface area contributed by atoms with Crippen molar-refractivity contribution in [2.24, 2.45) is 22.4 Å². The van der Waals surface area contributed by atoms with Gasteiger partial charge in [-0.2, -0.15) is 5.10 Å². The summed E-state index contributed by atoms with van der Waals surface area (Å²) in [6.45, 7) is 6.91. The number of rotatable bonds is 3. The first-order chi connectivity index (χ1) is 11.2. The summed E-state index contributed by atoms with van der Waals surface area (Å²) >= 11 is 5.41. The van der Waals surface area contributed by atoms with Gasteiger partial charge in [0.25, 0.3) is 0 Å². The highest BCUT2D eigenvalue weighted by Gasteiger charge is 2.60. The second-order valence-corrected chi connectivity index (χ2v) is 8.11. The smallest absolute Gasteiger partial charge is 0.187 e. The minimum atomic E-state index is -0.0316. The Morgan fingerprint density at radius 1 is 1.25 bits per heavy atom. The zero-order valence-electron chi connectivity index (χ0n) is 14.3. The Hall–Kier alpha value is -1.82. The van der Waals surface area contributed by atoms with Crippen LogP contribution in [0.25, 0.3) is 0 Å². The van der Waals surface area contributed by atoms with E-state index in [0.717, 1.165) is 5.92 Å². The molecule has 2 bridgehead atoms. The van der Waals surface area contributed by atoms with Crippen molar-refractivity contribution in [2.45, 2.75) is 45.6 Å². The van der Waals surface area contributed by atoms with Gasteiger partial charge in [0, 0.05) is 17.2 Å². The van der Waals surface area contributed by atoms with E-state index in [0.29, 0.717) is 16.6 Å². The number of nitrogens with one attached hydrogen (secondary N) is 2. The number of fused-ring (bicyclic) bond motifs is 2. The molecule has 0 radical (unpaired) electrons. The maximum absolute atomic E-state index is 9.74. The number of phenols is 2. The lowest BCUT2D eigenvalue weighted by Gasteiger charge is -2.48. The molecule has 4 N–H and O–H groups in total. The molecule has 0 spiro atoms. The van der Waals surface area contributed by atoms with Crippen LogP contribution >= 0.6 is 12.2 Å². The van der Waals surface area contributed by atoms with E-state index in [2.05, 4.69) is 36.6 Å². The molecule has 0 aliphatic heterocycles. The molecule has 3 unspecified atom stereocenters. The standard InChI is InChI=1S/C18H25N3O2S/c1-17(2)12-5-6-13(8-12)18(17,3)20-16(24)21-19-10-11-4-7-14(22)9-15(11)23/h4,7,9-10,12-13,22-23H,5-6,8H2,1-3H3,(H2,20,21,24). The van der Waals surface area contributed by atoms with Crippen LogP contribution < -0.4 is 10.7 Å². The normalized spacial score (nSPS) is 30.6. The third-order valence-corrected chi connectivity index (χ3v) is 6.56. The Bertz CT molecular complexity index is 689. The minimum absolute atomic E-state index is 0.0150. The second kappa shape index (κ2) is 5.92. The van der Waals surface area contributed by atoms with Crippen LogP contribution in [0.3, 0.4) is 0 Å². The topological polar surface area (TPSA) is 76.9 Å². The van der Waals surface area contributed by atoms with E-state index >= 15 is 0 Å². The van der Waals surface area contributed by atoms with Crippen LogP contribution in [0, 0.1) is 17.3 Å². The molecule has 1 aromatic rings. The molecule has 1 aromatic carbocycles. The Balaban J connectivity index is 1.63. The van der Waals surface area contributed by atoms with Crippen LogP contribution in [0.4, 0.5) is 0 Å². The molecule has 6 heteroatoms. The van der Waals surface area contributed by atoms with Gasteiger partial charge in [0.1, 0.15) is 11.5 Å². The zero-order valence-corrected chi connectivity index (χ0v) is 15.2. The number of aromatic hydroxyl groups is 2. The van der Waals surface area contributed by atoms with Crippen LogP contribution in [0.15, 0.2) is 23.3 Å². The van der Waals surface area contributed by atoms with Crippen LogP contribution in [0.2, 0.25) is 0 Å². The predicted octanol–water partition coefficient (Wildman–Crippen LogP) is 3.11. The van der Waals surface area contributed by atoms with E-state index in [1.54, 1.807) is 6.07 Å². The van der Waals surface area contributed by atoms with Crippen molar-refractivity contribution < 1.29 is 10.2 Å². The SMILES string of the molecule is CC1(C)C2CCC(C2)C1(C)NC(=S)NN=Cc1ccc(O)cc1O. The number of hydrogen-bond acceptors (Lipinski definition) is 4. The van der Waals surface area contributed by atoms with E-state index in [-0.39, 0.29) is 22.5 Å². The molecular weight excluding hydrogens is 322 g/mol. The molecule has 2 aliphatic carbocycles. The highest BCUT2D eigenvalue weighted by atomic mass is 32.1. The van der Waals surface area contributed by atoms with Crippen LogP contribution in [-0.4, -0.2) is 27.1 Å². The van der Waals surface area contributed by atoms with Gasteiger partial charge in [0.15, 0.2) is 5.11 Å². The second-order valence-electron chi connectivity index (χ2n) is 7.70. The highest BCUT2D eigenvalue weighted by Crippen LogP contribution is 2.61. The molecule has 2 fully saturated rings. The maximum atomic E-state index is 9.74. The Morgan fingerprint density at radius 3 is 2.58 bits per heavy atom. The molecule has 130 valence electrons. The summed E-state index contributed by atoms with van der Waals surface area (Å²) in [6, 6.07) is 4.36. The first-order valence-electron chi connectivity index (χ1n) is 8.37. The molecular formula is C18H25N3O2S. The van der Waals surface area contributed by atoms with E-state index in [9.17, 15) is 10.2 Å². The molecule has 3 atom stereocenters. The molecule has 0 aromatic heterocycles. The van der Waals surface area contributed by atoms with Gasteiger partial charge >= 0.3 is 0 Å². The number of benzene rings is 1. The van der Waals surface area contributed by atoms with Crippen molar-refractivity contribution in [3.8, 4) is 11.5 Å². The Kier molecular flexibility index (Phi) is 4.20. The third-order valence-electron chi connectivity index (χ3n) is 6.37. The van der Waals surface area contributed by atoms with Gasteiger partial charge in [-0.15, -0.1) is 0 Å². The van der Waals surface area contributed by atoms with Gasteiger partial charge in [0.05, 0.1) is 6.21 Å². The number of hydrazone groups is 1. The van der Waals surface area contributed by atoms with Crippen LogP contribution in [0.5, 0.6) is 11.5 Å². The summed E-state index contributed by atoms with van der Waals surface area (Å²) in [6.07, 6.45) is 5.32. The fraction of sp³-hybridized carbons (Fsp3) is 0.556. The van der Waals surface area contributed by atoms with E-state index < -0.39 is 0 Å². The van der Waals surface area contributed by atoms with Crippen LogP contribution in [-0.2, 0) is 0 Å². The number of thiocarbonyl (C=S) groups is 1. The summed E-state index contributed by atoms with van der Waals surface area (Å²) < 4.78 is 0. The molecule has 0 amide bonds. The van der Waals surface area contributed by atoms with Gasteiger partial charge < -0.3 is 15.5 Å². The Morgan fingerprint density at radius 2 is 1.96 bits per heavy atom. The van der Waals surface area contributed by atoms with Gasteiger partial charge in [0.2, 0.25) is 0 Å². The van der Waals surface area contributed by atoms with E-state index in [1.165, 1.54) is 37.6 Å². The van der Waals surface area contributed by atoms with Gasteiger partial charge in [-0.25, -0.2) is 0 Å².